The third kappa shape index (κ3) is 4.07. The first-order valence-electron chi connectivity index (χ1n) is 7.35. The van der Waals surface area contributed by atoms with Crippen LogP contribution in [-0.4, -0.2) is 43.3 Å². The number of thiophene rings is 1. The molecule has 1 aliphatic heterocycles. The molecule has 1 aromatic rings. The molecule has 0 radical (unpaired) electrons. The van der Waals surface area contributed by atoms with Gasteiger partial charge in [0.05, 0.1) is 15.9 Å². The molecule has 0 unspecified atom stereocenters. The summed E-state index contributed by atoms with van der Waals surface area (Å²) >= 11 is 1.43. The van der Waals surface area contributed by atoms with E-state index in [9.17, 15) is 13.2 Å². The largest absolute Gasteiger partial charge is 0.337 e. The molecule has 1 aromatic heterocycles. The lowest BCUT2D eigenvalue weighted by atomic mass is 10.1. The van der Waals surface area contributed by atoms with Gasteiger partial charge in [-0.3, -0.25) is 4.79 Å². The minimum absolute atomic E-state index is 0.0300. The summed E-state index contributed by atoms with van der Waals surface area (Å²) in [5.74, 6) is 0.302. The topological polar surface area (TPSA) is 54.5 Å². The van der Waals surface area contributed by atoms with Crippen molar-refractivity contribution in [3.63, 3.8) is 0 Å². The Morgan fingerprint density at radius 3 is 2.76 bits per heavy atom. The number of carbonyl (C=O) groups is 1. The van der Waals surface area contributed by atoms with Crippen molar-refractivity contribution < 1.29 is 13.2 Å². The molecule has 2 rings (SSSR count). The van der Waals surface area contributed by atoms with Crippen LogP contribution in [0.15, 0.2) is 11.4 Å². The van der Waals surface area contributed by atoms with Crippen LogP contribution < -0.4 is 0 Å². The van der Waals surface area contributed by atoms with Crippen LogP contribution in [0.1, 0.15) is 41.9 Å². The summed E-state index contributed by atoms with van der Waals surface area (Å²) in [5, 5.41) is 1.54. The summed E-state index contributed by atoms with van der Waals surface area (Å²) in [6, 6.07) is 1.87. The Bertz CT molecular complexity index is 604. The van der Waals surface area contributed by atoms with E-state index in [1.54, 1.807) is 4.90 Å². The van der Waals surface area contributed by atoms with Gasteiger partial charge in [0.25, 0.3) is 5.91 Å². The SMILES string of the molecule is Cc1csc(C(=O)N2CCC[C@@H](S(=O)(=O)CC(C)C)C2)c1. The van der Waals surface area contributed by atoms with Crippen LogP contribution in [0, 0.1) is 12.8 Å². The molecule has 21 heavy (non-hydrogen) atoms. The average Bonchev–Trinajstić information content (AvgIpc) is 2.83. The third-order valence-corrected chi connectivity index (χ3v) is 7.25. The van der Waals surface area contributed by atoms with Crippen molar-refractivity contribution in [2.45, 2.75) is 38.9 Å². The molecule has 4 nitrogen and oxygen atoms in total. The Balaban J connectivity index is 2.09. The van der Waals surface area contributed by atoms with E-state index in [1.807, 2.05) is 32.2 Å². The summed E-state index contributed by atoms with van der Waals surface area (Å²) in [7, 11) is -3.12. The van der Waals surface area contributed by atoms with Gasteiger partial charge >= 0.3 is 0 Å². The minimum atomic E-state index is -3.12. The van der Waals surface area contributed by atoms with Gasteiger partial charge in [-0.15, -0.1) is 11.3 Å². The van der Waals surface area contributed by atoms with E-state index in [0.29, 0.717) is 24.4 Å². The fraction of sp³-hybridized carbons (Fsp3) is 0.667. The second kappa shape index (κ2) is 6.48. The van der Waals surface area contributed by atoms with Crippen molar-refractivity contribution in [2.24, 2.45) is 5.92 Å². The van der Waals surface area contributed by atoms with Crippen molar-refractivity contribution in [1.29, 1.82) is 0 Å². The average molecular weight is 329 g/mol. The Kier molecular flexibility index (Phi) is 5.09. The zero-order valence-electron chi connectivity index (χ0n) is 12.8. The van der Waals surface area contributed by atoms with Crippen LogP contribution in [0.3, 0.4) is 0 Å². The molecule has 1 atom stereocenters. The minimum Gasteiger partial charge on any atom is -0.337 e. The molecule has 1 saturated heterocycles. The molecule has 0 aromatic carbocycles. The number of hydrogen-bond acceptors (Lipinski definition) is 4. The Labute approximate surface area is 131 Å². The zero-order chi connectivity index (χ0) is 15.6. The molecule has 1 aliphatic rings. The van der Waals surface area contributed by atoms with Crippen molar-refractivity contribution in [3.8, 4) is 0 Å². The van der Waals surface area contributed by atoms with E-state index in [-0.39, 0.29) is 17.6 Å². The predicted octanol–water partition coefficient (Wildman–Crippen LogP) is 2.73. The summed E-state index contributed by atoms with van der Waals surface area (Å²) in [6.07, 6.45) is 1.43. The maximum atomic E-state index is 12.4. The number of hydrogen-bond donors (Lipinski definition) is 0. The van der Waals surface area contributed by atoms with E-state index in [1.165, 1.54) is 11.3 Å². The first-order valence-corrected chi connectivity index (χ1v) is 9.95. The Morgan fingerprint density at radius 2 is 2.19 bits per heavy atom. The second-order valence-corrected chi connectivity index (χ2v) is 9.46. The normalized spacial score (nSPS) is 20.0. The van der Waals surface area contributed by atoms with Crippen LogP contribution in [-0.2, 0) is 9.84 Å². The van der Waals surface area contributed by atoms with E-state index >= 15 is 0 Å². The van der Waals surface area contributed by atoms with Crippen LogP contribution in [0.4, 0.5) is 0 Å². The summed E-state index contributed by atoms with van der Waals surface area (Å²) in [4.78, 5) is 14.9. The number of carbonyl (C=O) groups excluding carboxylic acids is 1. The number of likely N-dealkylation sites (tertiary alicyclic amines) is 1. The van der Waals surface area contributed by atoms with Gasteiger partial charge in [0.2, 0.25) is 0 Å². The highest BCUT2D eigenvalue weighted by Gasteiger charge is 2.33. The standard InChI is InChI=1S/C15H23NO3S2/c1-11(2)10-21(18,19)13-5-4-6-16(8-13)15(17)14-7-12(3)9-20-14/h7,9,11,13H,4-6,8,10H2,1-3H3/t13-/m1/s1. The van der Waals surface area contributed by atoms with E-state index in [2.05, 4.69) is 0 Å². The number of amides is 1. The number of piperidine rings is 1. The quantitative estimate of drug-likeness (QED) is 0.853. The van der Waals surface area contributed by atoms with Crippen molar-refractivity contribution in [2.75, 3.05) is 18.8 Å². The molecule has 0 N–H and O–H groups in total. The molecule has 1 amide bonds. The van der Waals surface area contributed by atoms with Gasteiger partial charge in [0.1, 0.15) is 0 Å². The molecule has 2 heterocycles. The molecule has 0 spiro atoms. The molecule has 1 fully saturated rings. The Hall–Kier alpha value is -0.880. The first kappa shape index (κ1) is 16.5. The highest BCUT2D eigenvalue weighted by molar-refractivity contribution is 7.92. The van der Waals surface area contributed by atoms with Crippen LogP contribution >= 0.6 is 11.3 Å². The molecule has 0 bridgehead atoms. The lowest BCUT2D eigenvalue weighted by Gasteiger charge is -2.32. The molecular formula is C15H23NO3S2. The number of aryl methyl sites for hydroxylation is 1. The van der Waals surface area contributed by atoms with Gasteiger partial charge < -0.3 is 4.90 Å². The molecule has 118 valence electrons. The van der Waals surface area contributed by atoms with E-state index in [4.69, 9.17) is 0 Å². The van der Waals surface area contributed by atoms with Crippen molar-refractivity contribution in [1.82, 2.24) is 4.90 Å². The highest BCUT2D eigenvalue weighted by Crippen LogP contribution is 2.23. The van der Waals surface area contributed by atoms with Crippen molar-refractivity contribution in [3.05, 3.63) is 21.9 Å². The van der Waals surface area contributed by atoms with E-state index in [0.717, 1.165) is 12.0 Å². The zero-order valence-corrected chi connectivity index (χ0v) is 14.5. The van der Waals surface area contributed by atoms with Gasteiger partial charge in [-0.2, -0.15) is 0 Å². The molecular weight excluding hydrogens is 306 g/mol. The lowest BCUT2D eigenvalue weighted by Crippen LogP contribution is -2.46. The Morgan fingerprint density at radius 1 is 1.48 bits per heavy atom. The maximum Gasteiger partial charge on any atom is 0.263 e. The van der Waals surface area contributed by atoms with Gasteiger partial charge in [-0.1, -0.05) is 13.8 Å². The fourth-order valence-electron chi connectivity index (χ4n) is 2.72. The first-order chi connectivity index (χ1) is 9.79. The molecule has 6 heteroatoms. The maximum absolute atomic E-state index is 12.4. The number of nitrogens with zero attached hydrogens (tertiary/aromatic N) is 1. The van der Waals surface area contributed by atoms with Gasteiger partial charge in [0.15, 0.2) is 9.84 Å². The van der Waals surface area contributed by atoms with Crippen LogP contribution in [0.5, 0.6) is 0 Å². The smallest absolute Gasteiger partial charge is 0.263 e. The lowest BCUT2D eigenvalue weighted by molar-refractivity contribution is 0.0732. The predicted molar refractivity (Wildman–Crippen MR) is 86.6 cm³/mol. The monoisotopic (exact) mass is 329 g/mol. The second-order valence-electron chi connectivity index (χ2n) is 6.23. The van der Waals surface area contributed by atoms with Crippen LogP contribution in [0.25, 0.3) is 0 Å². The summed E-state index contributed by atoms with van der Waals surface area (Å²) < 4.78 is 24.7. The van der Waals surface area contributed by atoms with E-state index < -0.39 is 15.1 Å². The number of rotatable bonds is 4. The highest BCUT2D eigenvalue weighted by atomic mass is 32.2. The summed E-state index contributed by atoms with van der Waals surface area (Å²) in [5.41, 5.74) is 1.07. The molecule has 0 aliphatic carbocycles. The third-order valence-electron chi connectivity index (χ3n) is 3.68. The van der Waals surface area contributed by atoms with Crippen LogP contribution in [0.2, 0.25) is 0 Å². The van der Waals surface area contributed by atoms with Gasteiger partial charge in [-0.05, 0) is 42.7 Å². The van der Waals surface area contributed by atoms with Crippen molar-refractivity contribution >= 4 is 27.1 Å². The van der Waals surface area contributed by atoms with Gasteiger partial charge in [0, 0.05) is 13.1 Å². The van der Waals surface area contributed by atoms with Gasteiger partial charge in [-0.25, -0.2) is 8.42 Å². The molecule has 0 saturated carbocycles. The number of sulfone groups is 1. The summed E-state index contributed by atoms with van der Waals surface area (Å²) in [6.45, 7) is 6.78. The fourth-order valence-corrected chi connectivity index (χ4v) is 5.71.